The summed E-state index contributed by atoms with van der Waals surface area (Å²) >= 11 is 0. The van der Waals surface area contributed by atoms with Gasteiger partial charge in [0.05, 0.1) is 6.61 Å². The number of amides is 1. The number of fused-ring (bicyclic) bond motifs is 1. The Morgan fingerprint density at radius 3 is 2.68 bits per heavy atom. The molecule has 1 heterocycles. The van der Waals surface area contributed by atoms with E-state index >= 15 is 0 Å². The molecule has 2 aromatic rings. The second-order valence-electron chi connectivity index (χ2n) is 5.97. The predicted octanol–water partition coefficient (Wildman–Crippen LogP) is 0.720. The van der Waals surface area contributed by atoms with E-state index in [1.165, 1.54) is 0 Å². The predicted molar refractivity (Wildman–Crippen MR) is 92.5 cm³/mol. The molecule has 0 aromatic heterocycles. The molecule has 0 saturated heterocycles. The molecule has 128 valence electrons. The number of hydrogen-bond donors (Lipinski definition) is 3. The van der Waals surface area contributed by atoms with Gasteiger partial charge in [-0.3, -0.25) is 4.79 Å². The maximum absolute atomic E-state index is 12.4. The van der Waals surface area contributed by atoms with Gasteiger partial charge < -0.3 is 20.1 Å². The largest absolute Gasteiger partial charge is 0.491 e. The molecule has 0 spiro atoms. The van der Waals surface area contributed by atoms with Gasteiger partial charge in [0.25, 0.3) is 5.91 Å². The molecule has 2 aromatic carbocycles. The van der Waals surface area contributed by atoms with Crippen molar-refractivity contribution in [3.8, 4) is 0 Å². The average molecular weight is 339 g/mol. The van der Waals surface area contributed by atoms with Gasteiger partial charge in [0.15, 0.2) is 0 Å². The molecule has 0 saturated carbocycles. The van der Waals surface area contributed by atoms with Crippen LogP contribution in [0.2, 0.25) is 0 Å². The van der Waals surface area contributed by atoms with Gasteiger partial charge in [-0.1, -0.05) is 36.4 Å². The quantitative estimate of drug-likeness (QED) is 0.674. The Hall–Kier alpha value is -2.64. The fourth-order valence-corrected chi connectivity index (χ4v) is 2.81. The van der Waals surface area contributed by atoms with Crippen molar-refractivity contribution in [2.75, 3.05) is 0 Å². The lowest BCUT2D eigenvalue weighted by Crippen LogP contribution is -2.41. The molecule has 0 fully saturated rings. The van der Waals surface area contributed by atoms with Crippen LogP contribution in [-0.2, 0) is 22.5 Å². The summed E-state index contributed by atoms with van der Waals surface area (Å²) < 4.78 is 5.09. The van der Waals surface area contributed by atoms with Crippen LogP contribution in [0.1, 0.15) is 27.9 Å². The SMILES string of the molecule is O=C(NC(CCc1ccccc1)C(=O)O)c1ccc2c(c1)B(O)OC2. The van der Waals surface area contributed by atoms with E-state index in [0.29, 0.717) is 30.5 Å². The van der Waals surface area contributed by atoms with Crippen molar-refractivity contribution in [2.45, 2.75) is 25.5 Å². The Morgan fingerprint density at radius 2 is 1.96 bits per heavy atom. The Kier molecular flexibility index (Phi) is 5.16. The molecular weight excluding hydrogens is 321 g/mol. The lowest BCUT2D eigenvalue weighted by molar-refractivity contribution is -0.139. The highest BCUT2D eigenvalue weighted by molar-refractivity contribution is 6.61. The van der Waals surface area contributed by atoms with Crippen LogP contribution < -0.4 is 10.8 Å². The van der Waals surface area contributed by atoms with Gasteiger partial charge in [-0.2, -0.15) is 0 Å². The van der Waals surface area contributed by atoms with E-state index in [0.717, 1.165) is 11.1 Å². The van der Waals surface area contributed by atoms with E-state index in [1.54, 1.807) is 18.2 Å². The first-order valence-electron chi connectivity index (χ1n) is 8.04. The van der Waals surface area contributed by atoms with E-state index < -0.39 is 25.0 Å². The number of carbonyl (C=O) groups is 2. The van der Waals surface area contributed by atoms with Gasteiger partial charge in [0, 0.05) is 5.56 Å². The van der Waals surface area contributed by atoms with Crippen LogP contribution >= 0.6 is 0 Å². The van der Waals surface area contributed by atoms with Crippen molar-refractivity contribution >= 4 is 24.5 Å². The summed E-state index contributed by atoms with van der Waals surface area (Å²) in [5, 5.41) is 21.6. The minimum atomic E-state index is -1.08. The van der Waals surface area contributed by atoms with Crippen molar-refractivity contribution in [1.82, 2.24) is 5.32 Å². The molecule has 3 rings (SSSR count). The molecule has 1 amide bonds. The molecule has 0 aliphatic carbocycles. The van der Waals surface area contributed by atoms with Crippen LogP contribution in [-0.4, -0.2) is 35.2 Å². The molecular formula is C18H18BNO5. The van der Waals surface area contributed by atoms with Gasteiger partial charge in [-0.05, 0) is 41.6 Å². The summed E-state index contributed by atoms with van der Waals surface area (Å²) in [6.07, 6.45) is 0.844. The zero-order valence-corrected chi connectivity index (χ0v) is 13.5. The molecule has 1 aliphatic heterocycles. The average Bonchev–Trinajstić information content (AvgIpc) is 2.99. The van der Waals surface area contributed by atoms with Crippen molar-refractivity contribution in [1.29, 1.82) is 0 Å². The fourth-order valence-electron chi connectivity index (χ4n) is 2.81. The molecule has 25 heavy (non-hydrogen) atoms. The number of nitrogens with one attached hydrogen (secondary N) is 1. The topological polar surface area (TPSA) is 95.9 Å². The smallest absolute Gasteiger partial charge is 0.480 e. The van der Waals surface area contributed by atoms with Gasteiger partial charge in [-0.25, -0.2) is 4.79 Å². The number of carboxylic acids is 1. The first-order valence-corrected chi connectivity index (χ1v) is 8.04. The van der Waals surface area contributed by atoms with Crippen molar-refractivity contribution in [3.63, 3.8) is 0 Å². The summed E-state index contributed by atoms with van der Waals surface area (Å²) in [7, 11) is -1.05. The van der Waals surface area contributed by atoms with Gasteiger partial charge in [0.2, 0.25) is 0 Å². The standard InChI is InChI=1S/C18H18BNO5/c21-17(13-7-8-14-11-25-19(24)15(14)10-13)20-16(18(22)23)9-6-12-4-2-1-3-5-12/h1-5,7-8,10,16,24H,6,9,11H2,(H,20,21)(H,22,23). The first-order chi connectivity index (χ1) is 12.0. The number of rotatable bonds is 6. The van der Waals surface area contributed by atoms with Crippen LogP contribution in [0.5, 0.6) is 0 Å². The summed E-state index contributed by atoms with van der Waals surface area (Å²) in [6, 6.07) is 13.4. The van der Waals surface area contributed by atoms with Gasteiger partial charge in [-0.15, -0.1) is 0 Å². The third-order valence-electron chi connectivity index (χ3n) is 4.24. The van der Waals surface area contributed by atoms with Crippen LogP contribution in [0.4, 0.5) is 0 Å². The van der Waals surface area contributed by atoms with Gasteiger partial charge in [0.1, 0.15) is 6.04 Å². The number of aliphatic carboxylic acids is 1. The van der Waals surface area contributed by atoms with Crippen LogP contribution in [0.3, 0.4) is 0 Å². The Labute approximate surface area is 145 Å². The van der Waals surface area contributed by atoms with Crippen molar-refractivity contribution in [3.05, 3.63) is 65.2 Å². The number of carbonyl (C=O) groups excluding carboxylic acids is 1. The number of aryl methyl sites for hydroxylation is 1. The summed E-state index contributed by atoms with van der Waals surface area (Å²) in [5.41, 5.74) is 2.68. The minimum absolute atomic E-state index is 0.293. The Balaban J connectivity index is 1.67. The van der Waals surface area contributed by atoms with E-state index in [-0.39, 0.29) is 0 Å². The third kappa shape index (κ3) is 4.07. The zero-order valence-electron chi connectivity index (χ0n) is 13.5. The monoisotopic (exact) mass is 339 g/mol. The second-order valence-corrected chi connectivity index (χ2v) is 5.97. The third-order valence-corrected chi connectivity index (χ3v) is 4.24. The van der Waals surface area contributed by atoms with E-state index in [9.17, 15) is 19.7 Å². The molecule has 0 bridgehead atoms. The highest BCUT2D eigenvalue weighted by atomic mass is 16.5. The molecule has 3 N–H and O–H groups in total. The Morgan fingerprint density at radius 1 is 1.20 bits per heavy atom. The lowest BCUT2D eigenvalue weighted by atomic mass is 9.79. The molecule has 7 heteroatoms. The van der Waals surface area contributed by atoms with E-state index in [4.69, 9.17) is 4.65 Å². The molecule has 1 unspecified atom stereocenters. The van der Waals surface area contributed by atoms with Crippen molar-refractivity contribution in [2.24, 2.45) is 0 Å². The number of benzene rings is 2. The maximum Gasteiger partial charge on any atom is 0.491 e. The Bertz CT molecular complexity index is 780. The van der Waals surface area contributed by atoms with Crippen LogP contribution in [0.25, 0.3) is 0 Å². The number of hydrogen-bond acceptors (Lipinski definition) is 4. The van der Waals surface area contributed by atoms with Crippen LogP contribution in [0.15, 0.2) is 48.5 Å². The first kappa shape index (κ1) is 17.2. The molecule has 1 atom stereocenters. The lowest BCUT2D eigenvalue weighted by Gasteiger charge is -2.15. The summed E-state index contributed by atoms with van der Waals surface area (Å²) in [6.45, 7) is 0.299. The fraction of sp³-hybridized carbons (Fsp3) is 0.222. The van der Waals surface area contributed by atoms with E-state index in [2.05, 4.69) is 5.32 Å². The van der Waals surface area contributed by atoms with E-state index in [1.807, 2.05) is 30.3 Å². The summed E-state index contributed by atoms with van der Waals surface area (Å²) in [5.74, 6) is -1.56. The summed E-state index contributed by atoms with van der Waals surface area (Å²) in [4.78, 5) is 23.8. The number of carboxylic acid groups (broad SMARTS) is 1. The highest BCUT2D eigenvalue weighted by Gasteiger charge is 2.28. The normalized spacial score (nSPS) is 14.0. The van der Waals surface area contributed by atoms with Crippen LogP contribution in [0, 0.1) is 0 Å². The highest BCUT2D eigenvalue weighted by Crippen LogP contribution is 2.12. The molecule has 0 radical (unpaired) electrons. The molecule has 6 nitrogen and oxygen atoms in total. The second kappa shape index (κ2) is 7.50. The van der Waals surface area contributed by atoms with Gasteiger partial charge >= 0.3 is 13.1 Å². The maximum atomic E-state index is 12.4. The minimum Gasteiger partial charge on any atom is -0.480 e. The van der Waals surface area contributed by atoms with Crippen molar-refractivity contribution < 1.29 is 24.4 Å². The zero-order chi connectivity index (χ0) is 17.8. The molecule has 1 aliphatic rings.